The van der Waals surface area contributed by atoms with Crippen molar-refractivity contribution < 1.29 is 14.3 Å². The number of unbranched alkanes of at least 4 members (excludes halogenated alkanes) is 1. The van der Waals surface area contributed by atoms with Gasteiger partial charge in [0, 0.05) is 16.7 Å². The topological polar surface area (TPSA) is 90.3 Å². The number of rotatable bonds is 8. The van der Waals surface area contributed by atoms with Gasteiger partial charge in [0.15, 0.2) is 5.69 Å². The summed E-state index contributed by atoms with van der Waals surface area (Å²) in [6.07, 6.45) is 7.56. The number of thiophene rings is 1. The molecule has 0 radical (unpaired) electrons. The summed E-state index contributed by atoms with van der Waals surface area (Å²) in [4.78, 5) is 39.6. The lowest BCUT2D eigenvalue weighted by atomic mass is 9.79. The molecule has 192 valence electrons. The molecule has 1 amide bonds. The van der Waals surface area contributed by atoms with Crippen LogP contribution in [0.25, 0.3) is 16.5 Å². The third-order valence-electron chi connectivity index (χ3n) is 7.28. The summed E-state index contributed by atoms with van der Waals surface area (Å²) >= 11 is 1.25. The number of hydrogen-bond acceptors (Lipinski definition) is 6. The second kappa shape index (κ2) is 11.4. The molecule has 2 aromatic heterocycles. The first kappa shape index (κ1) is 26.1. The maximum absolute atomic E-state index is 13.6. The van der Waals surface area contributed by atoms with E-state index in [9.17, 15) is 14.4 Å². The van der Waals surface area contributed by atoms with Gasteiger partial charge in [0.25, 0.3) is 5.56 Å². The Morgan fingerprint density at radius 3 is 2.56 bits per heavy atom. The molecule has 36 heavy (non-hydrogen) atoms. The summed E-state index contributed by atoms with van der Waals surface area (Å²) in [7, 11) is 0. The lowest BCUT2D eigenvalue weighted by molar-refractivity contribution is -0.121. The molecule has 0 bridgehead atoms. The molecule has 1 fully saturated rings. The molecule has 1 aromatic carbocycles. The van der Waals surface area contributed by atoms with E-state index in [1.807, 2.05) is 26.0 Å². The number of anilines is 1. The van der Waals surface area contributed by atoms with Crippen LogP contribution >= 0.6 is 11.3 Å². The Balaban J connectivity index is 1.69. The van der Waals surface area contributed by atoms with Gasteiger partial charge in [-0.1, -0.05) is 32.3 Å². The number of nitrogens with one attached hydrogen (secondary N) is 1. The molecule has 0 unspecified atom stereocenters. The minimum absolute atomic E-state index is 0.0562. The van der Waals surface area contributed by atoms with Gasteiger partial charge in [0.05, 0.1) is 17.7 Å². The molecule has 0 atom stereocenters. The Morgan fingerprint density at radius 1 is 1.14 bits per heavy atom. The summed E-state index contributed by atoms with van der Waals surface area (Å²) in [5.74, 6) is -0.00575. The number of hydrogen-bond donors (Lipinski definition) is 1. The van der Waals surface area contributed by atoms with Gasteiger partial charge in [0.2, 0.25) is 5.91 Å². The van der Waals surface area contributed by atoms with Crippen molar-refractivity contribution >= 4 is 39.0 Å². The molecule has 4 rings (SSSR count). The Morgan fingerprint density at radius 2 is 1.89 bits per heavy atom. The van der Waals surface area contributed by atoms with E-state index in [1.54, 1.807) is 18.4 Å². The van der Waals surface area contributed by atoms with E-state index >= 15 is 0 Å². The predicted octanol–water partition coefficient (Wildman–Crippen LogP) is 6.18. The van der Waals surface area contributed by atoms with E-state index in [1.165, 1.54) is 35.3 Å². The Bertz CT molecular complexity index is 1320. The smallest absolute Gasteiger partial charge is 0.359 e. The molecule has 1 aliphatic rings. The zero-order chi connectivity index (χ0) is 25.8. The van der Waals surface area contributed by atoms with Gasteiger partial charge in [0.1, 0.15) is 5.00 Å². The van der Waals surface area contributed by atoms with Crippen LogP contribution in [0.5, 0.6) is 0 Å². The SMILES string of the molecule is CCCCC1CCC(C(=O)Nc2scc3c(C(=O)OCC)nn(-c4ccc(C)c(C)c4)c(=O)c23)CC1. The van der Waals surface area contributed by atoms with Crippen molar-refractivity contribution in [2.75, 3.05) is 11.9 Å². The van der Waals surface area contributed by atoms with Crippen LogP contribution in [-0.4, -0.2) is 28.3 Å². The summed E-state index contributed by atoms with van der Waals surface area (Å²) in [5.41, 5.74) is 2.35. The Labute approximate surface area is 215 Å². The fraction of sp³-hybridized carbons (Fsp3) is 0.500. The average Bonchev–Trinajstić information content (AvgIpc) is 3.29. The van der Waals surface area contributed by atoms with Crippen LogP contribution in [0.15, 0.2) is 28.4 Å². The number of benzene rings is 1. The van der Waals surface area contributed by atoms with Crippen LogP contribution in [0.2, 0.25) is 0 Å². The molecule has 1 N–H and O–H groups in total. The molecular formula is C28H35N3O4S. The third kappa shape index (κ3) is 5.38. The molecular weight excluding hydrogens is 474 g/mol. The van der Waals surface area contributed by atoms with Gasteiger partial charge < -0.3 is 10.1 Å². The van der Waals surface area contributed by atoms with Gasteiger partial charge in [-0.05, 0) is 75.6 Å². The molecule has 8 heteroatoms. The molecule has 7 nitrogen and oxygen atoms in total. The summed E-state index contributed by atoms with van der Waals surface area (Å²) in [5, 5.41) is 10.3. The van der Waals surface area contributed by atoms with E-state index in [0.717, 1.165) is 36.8 Å². The van der Waals surface area contributed by atoms with Crippen molar-refractivity contribution in [1.29, 1.82) is 0 Å². The lowest BCUT2D eigenvalue weighted by Gasteiger charge is -2.27. The second-order valence-corrected chi connectivity index (χ2v) is 10.6. The van der Waals surface area contributed by atoms with Crippen molar-refractivity contribution in [2.24, 2.45) is 11.8 Å². The van der Waals surface area contributed by atoms with E-state index < -0.39 is 5.97 Å². The standard InChI is InChI=1S/C28H35N3O4S/c1-5-7-8-19-10-12-20(13-11-19)25(32)29-26-23-22(16-36-26)24(28(34)35-6-2)30-31(27(23)33)21-14-9-17(3)18(4)15-21/h9,14-16,19-20H,5-8,10-13H2,1-4H3,(H,29,32). The van der Waals surface area contributed by atoms with Crippen molar-refractivity contribution in [1.82, 2.24) is 9.78 Å². The predicted molar refractivity (Wildman–Crippen MR) is 144 cm³/mol. The zero-order valence-electron chi connectivity index (χ0n) is 21.6. The highest BCUT2D eigenvalue weighted by molar-refractivity contribution is 7.16. The summed E-state index contributed by atoms with van der Waals surface area (Å²) < 4.78 is 6.47. The van der Waals surface area contributed by atoms with Crippen LogP contribution in [0.3, 0.4) is 0 Å². The molecule has 3 aromatic rings. The van der Waals surface area contributed by atoms with Crippen molar-refractivity contribution in [3.05, 3.63) is 50.8 Å². The number of esters is 1. The molecule has 0 aliphatic heterocycles. The highest BCUT2D eigenvalue weighted by Gasteiger charge is 2.28. The van der Waals surface area contributed by atoms with Crippen molar-refractivity contribution in [2.45, 2.75) is 72.6 Å². The van der Waals surface area contributed by atoms with Gasteiger partial charge in [-0.15, -0.1) is 11.3 Å². The number of fused-ring (bicyclic) bond motifs is 1. The van der Waals surface area contributed by atoms with Crippen molar-refractivity contribution in [3.63, 3.8) is 0 Å². The maximum atomic E-state index is 13.6. The monoisotopic (exact) mass is 509 g/mol. The van der Waals surface area contributed by atoms with Crippen molar-refractivity contribution in [3.8, 4) is 5.69 Å². The first-order valence-electron chi connectivity index (χ1n) is 12.9. The molecule has 2 heterocycles. The fourth-order valence-corrected chi connectivity index (χ4v) is 5.88. The number of carbonyl (C=O) groups excluding carboxylic acids is 2. The van der Waals surface area contributed by atoms with Gasteiger partial charge in [-0.3, -0.25) is 9.59 Å². The molecule has 1 saturated carbocycles. The number of aromatic nitrogens is 2. The first-order valence-corrected chi connectivity index (χ1v) is 13.8. The Kier molecular flexibility index (Phi) is 8.24. The quantitative estimate of drug-likeness (QED) is 0.367. The van der Waals surface area contributed by atoms with Gasteiger partial charge in [-0.2, -0.15) is 9.78 Å². The number of nitrogens with zero attached hydrogens (tertiary/aromatic N) is 2. The third-order valence-corrected chi connectivity index (χ3v) is 8.17. The van der Waals surface area contributed by atoms with E-state index in [0.29, 0.717) is 27.4 Å². The van der Waals surface area contributed by atoms with Crippen LogP contribution in [-0.2, 0) is 9.53 Å². The zero-order valence-corrected chi connectivity index (χ0v) is 22.4. The first-order chi connectivity index (χ1) is 17.3. The Hall–Kier alpha value is -3.00. The number of carbonyl (C=O) groups is 2. The second-order valence-electron chi connectivity index (χ2n) is 9.76. The summed E-state index contributed by atoms with van der Waals surface area (Å²) in [6, 6.07) is 5.59. The van der Waals surface area contributed by atoms with Crippen LogP contribution in [0.4, 0.5) is 5.00 Å². The average molecular weight is 510 g/mol. The number of aryl methyl sites for hydroxylation is 2. The molecule has 0 saturated heterocycles. The van der Waals surface area contributed by atoms with Gasteiger partial charge >= 0.3 is 5.97 Å². The normalized spacial score (nSPS) is 17.8. The molecule has 0 spiro atoms. The fourth-order valence-electron chi connectivity index (χ4n) is 4.94. The van der Waals surface area contributed by atoms with E-state index in [4.69, 9.17) is 4.74 Å². The largest absolute Gasteiger partial charge is 0.461 e. The molecule has 1 aliphatic carbocycles. The number of amides is 1. The van der Waals surface area contributed by atoms with Crippen LogP contribution < -0.4 is 10.9 Å². The van der Waals surface area contributed by atoms with E-state index in [-0.39, 0.29) is 29.7 Å². The lowest BCUT2D eigenvalue weighted by Crippen LogP contribution is -2.28. The van der Waals surface area contributed by atoms with Gasteiger partial charge in [-0.25, -0.2) is 4.79 Å². The van der Waals surface area contributed by atoms with E-state index in [2.05, 4.69) is 17.3 Å². The maximum Gasteiger partial charge on any atom is 0.359 e. The highest BCUT2D eigenvalue weighted by Crippen LogP contribution is 2.35. The minimum Gasteiger partial charge on any atom is -0.461 e. The minimum atomic E-state index is -0.596. The summed E-state index contributed by atoms with van der Waals surface area (Å²) in [6.45, 7) is 8.08. The van der Waals surface area contributed by atoms with Crippen LogP contribution in [0.1, 0.15) is 80.4 Å². The van der Waals surface area contributed by atoms with Crippen LogP contribution in [0, 0.1) is 25.7 Å². The number of ether oxygens (including phenoxy) is 1. The highest BCUT2D eigenvalue weighted by atomic mass is 32.1.